The van der Waals surface area contributed by atoms with Crippen molar-refractivity contribution in [3.63, 3.8) is 0 Å². The maximum atomic E-state index is 12.8. The highest BCUT2D eigenvalue weighted by Crippen LogP contribution is 2.34. The lowest BCUT2D eigenvalue weighted by molar-refractivity contribution is -0.137. The number of benzene rings is 1. The summed E-state index contributed by atoms with van der Waals surface area (Å²) in [5.74, 6) is 6.13. The lowest BCUT2D eigenvalue weighted by Crippen LogP contribution is -2.30. The molecule has 1 aliphatic rings. The van der Waals surface area contributed by atoms with Crippen molar-refractivity contribution >= 4 is 0 Å². The fraction of sp³-hybridized carbons (Fsp3) is 0.625. The Morgan fingerprint density at radius 1 is 1.14 bits per heavy atom. The van der Waals surface area contributed by atoms with Gasteiger partial charge in [-0.1, -0.05) is 50.7 Å². The molecule has 0 aliphatic heterocycles. The maximum Gasteiger partial charge on any atom is 0.416 e. The molecule has 0 aromatic heterocycles. The number of rotatable bonds is 4. The Kier molecular flexibility index (Phi) is 5.65. The van der Waals surface area contributed by atoms with E-state index in [0.717, 1.165) is 25.3 Å². The normalized spacial score (nSPS) is 19.2. The van der Waals surface area contributed by atoms with Crippen LogP contribution in [0.3, 0.4) is 0 Å². The molecule has 21 heavy (non-hydrogen) atoms. The van der Waals surface area contributed by atoms with E-state index in [9.17, 15) is 13.2 Å². The van der Waals surface area contributed by atoms with E-state index >= 15 is 0 Å². The second-order valence-electron chi connectivity index (χ2n) is 5.94. The summed E-state index contributed by atoms with van der Waals surface area (Å²) in [6.45, 7) is 0. The monoisotopic (exact) mass is 300 g/mol. The summed E-state index contributed by atoms with van der Waals surface area (Å²) >= 11 is 0. The molecule has 1 aromatic rings. The van der Waals surface area contributed by atoms with E-state index in [1.807, 2.05) is 0 Å². The summed E-state index contributed by atoms with van der Waals surface area (Å²) in [5.41, 5.74) is 2.71. The van der Waals surface area contributed by atoms with Gasteiger partial charge in [-0.2, -0.15) is 13.2 Å². The summed E-state index contributed by atoms with van der Waals surface area (Å²) in [5, 5.41) is 0. The zero-order valence-corrected chi connectivity index (χ0v) is 12.1. The first-order valence-corrected chi connectivity index (χ1v) is 7.64. The molecule has 1 unspecified atom stereocenters. The van der Waals surface area contributed by atoms with Gasteiger partial charge < -0.3 is 0 Å². The van der Waals surface area contributed by atoms with Crippen LogP contribution in [-0.2, 0) is 6.18 Å². The fourth-order valence-electron chi connectivity index (χ4n) is 3.17. The molecule has 3 N–H and O–H groups in total. The van der Waals surface area contributed by atoms with E-state index in [0.29, 0.717) is 11.5 Å². The van der Waals surface area contributed by atoms with E-state index in [4.69, 9.17) is 5.84 Å². The molecule has 1 atom stereocenters. The molecule has 5 heteroatoms. The SMILES string of the molecule is NNC(CC1CCCCCC1)c1cccc(C(F)(F)F)c1. The summed E-state index contributed by atoms with van der Waals surface area (Å²) in [7, 11) is 0. The molecule has 0 radical (unpaired) electrons. The van der Waals surface area contributed by atoms with Gasteiger partial charge >= 0.3 is 6.18 Å². The summed E-state index contributed by atoms with van der Waals surface area (Å²) in [4.78, 5) is 0. The van der Waals surface area contributed by atoms with Gasteiger partial charge in [0.25, 0.3) is 0 Å². The highest BCUT2D eigenvalue weighted by Gasteiger charge is 2.31. The predicted molar refractivity (Wildman–Crippen MR) is 77.3 cm³/mol. The van der Waals surface area contributed by atoms with Crippen LogP contribution in [0.5, 0.6) is 0 Å². The van der Waals surface area contributed by atoms with Gasteiger partial charge in [-0.3, -0.25) is 11.3 Å². The molecule has 1 saturated carbocycles. The molecule has 0 amide bonds. The summed E-state index contributed by atoms with van der Waals surface area (Å²) < 4.78 is 38.4. The fourth-order valence-corrected chi connectivity index (χ4v) is 3.17. The maximum absolute atomic E-state index is 12.8. The zero-order chi connectivity index (χ0) is 15.3. The van der Waals surface area contributed by atoms with Gasteiger partial charge in [0.05, 0.1) is 5.56 Å². The molecule has 118 valence electrons. The van der Waals surface area contributed by atoms with Gasteiger partial charge in [0.1, 0.15) is 0 Å². The van der Waals surface area contributed by atoms with E-state index in [1.54, 1.807) is 6.07 Å². The van der Waals surface area contributed by atoms with Crippen LogP contribution in [-0.4, -0.2) is 0 Å². The quantitative estimate of drug-likeness (QED) is 0.485. The molecule has 0 saturated heterocycles. The van der Waals surface area contributed by atoms with Crippen molar-refractivity contribution in [3.05, 3.63) is 35.4 Å². The van der Waals surface area contributed by atoms with E-state index in [-0.39, 0.29) is 6.04 Å². The van der Waals surface area contributed by atoms with Crippen molar-refractivity contribution in [1.82, 2.24) is 5.43 Å². The number of hydrazine groups is 1. The number of alkyl halides is 3. The first-order valence-electron chi connectivity index (χ1n) is 7.64. The van der Waals surface area contributed by atoms with Gasteiger partial charge in [-0.05, 0) is 30.0 Å². The van der Waals surface area contributed by atoms with E-state index in [1.165, 1.54) is 37.8 Å². The smallest absolute Gasteiger partial charge is 0.271 e. The lowest BCUT2D eigenvalue weighted by atomic mass is 9.89. The Balaban J connectivity index is 2.09. The topological polar surface area (TPSA) is 38.0 Å². The minimum Gasteiger partial charge on any atom is -0.271 e. The Morgan fingerprint density at radius 3 is 2.38 bits per heavy atom. The van der Waals surface area contributed by atoms with Crippen molar-refractivity contribution in [3.8, 4) is 0 Å². The Hall–Kier alpha value is -1.07. The average molecular weight is 300 g/mol. The molecule has 0 bridgehead atoms. The summed E-state index contributed by atoms with van der Waals surface area (Å²) in [6, 6.07) is 5.27. The van der Waals surface area contributed by atoms with Crippen molar-refractivity contribution in [2.45, 2.75) is 57.2 Å². The van der Waals surface area contributed by atoms with E-state index in [2.05, 4.69) is 5.43 Å². The molecule has 2 nitrogen and oxygen atoms in total. The predicted octanol–water partition coefficient (Wildman–Crippen LogP) is 4.57. The van der Waals surface area contributed by atoms with Crippen molar-refractivity contribution in [1.29, 1.82) is 0 Å². The van der Waals surface area contributed by atoms with Crippen LogP contribution in [0.2, 0.25) is 0 Å². The van der Waals surface area contributed by atoms with Crippen molar-refractivity contribution in [2.75, 3.05) is 0 Å². The van der Waals surface area contributed by atoms with Gasteiger partial charge in [-0.25, -0.2) is 0 Å². The largest absolute Gasteiger partial charge is 0.416 e. The molecule has 0 heterocycles. The minimum absolute atomic E-state index is 0.213. The van der Waals surface area contributed by atoms with Crippen LogP contribution in [0.15, 0.2) is 24.3 Å². The van der Waals surface area contributed by atoms with Crippen LogP contribution < -0.4 is 11.3 Å². The van der Waals surface area contributed by atoms with Crippen LogP contribution in [0.4, 0.5) is 13.2 Å². The third-order valence-corrected chi connectivity index (χ3v) is 4.36. The third-order valence-electron chi connectivity index (χ3n) is 4.36. The van der Waals surface area contributed by atoms with Gasteiger partial charge in [0.2, 0.25) is 0 Å². The average Bonchev–Trinajstić information content (AvgIpc) is 2.72. The summed E-state index contributed by atoms with van der Waals surface area (Å²) in [6.07, 6.45) is 3.75. The van der Waals surface area contributed by atoms with Crippen LogP contribution >= 0.6 is 0 Å². The molecule has 1 aliphatic carbocycles. The van der Waals surface area contributed by atoms with Crippen molar-refractivity contribution < 1.29 is 13.2 Å². The number of hydrogen-bond acceptors (Lipinski definition) is 2. The van der Waals surface area contributed by atoms with Crippen LogP contribution in [0, 0.1) is 5.92 Å². The van der Waals surface area contributed by atoms with Crippen LogP contribution in [0.1, 0.15) is 62.1 Å². The lowest BCUT2D eigenvalue weighted by Gasteiger charge is -2.23. The van der Waals surface area contributed by atoms with Crippen LogP contribution in [0.25, 0.3) is 0 Å². The third kappa shape index (κ3) is 4.71. The number of halogens is 3. The molecule has 1 aromatic carbocycles. The standard InChI is InChI=1S/C16H23F3N2/c17-16(18,19)14-9-5-8-13(11-14)15(21-20)10-12-6-3-1-2-4-7-12/h5,8-9,11-12,15,21H,1-4,6-7,10,20H2. The Labute approximate surface area is 123 Å². The first kappa shape index (κ1) is 16.3. The van der Waals surface area contributed by atoms with E-state index < -0.39 is 11.7 Å². The molecule has 0 spiro atoms. The highest BCUT2D eigenvalue weighted by molar-refractivity contribution is 5.28. The van der Waals surface area contributed by atoms with Gasteiger partial charge in [0.15, 0.2) is 0 Å². The minimum atomic E-state index is -4.31. The Bertz CT molecular complexity index is 437. The van der Waals surface area contributed by atoms with Gasteiger partial charge in [0, 0.05) is 6.04 Å². The van der Waals surface area contributed by atoms with Crippen molar-refractivity contribution in [2.24, 2.45) is 11.8 Å². The second-order valence-corrected chi connectivity index (χ2v) is 5.94. The zero-order valence-electron chi connectivity index (χ0n) is 12.1. The number of nitrogens with two attached hydrogens (primary N) is 1. The molecule has 1 fully saturated rings. The first-order chi connectivity index (χ1) is 10.0. The second kappa shape index (κ2) is 7.27. The molecule has 2 rings (SSSR count). The molecular weight excluding hydrogens is 277 g/mol. The van der Waals surface area contributed by atoms with Gasteiger partial charge in [-0.15, -0.1) is 0 Å². The Morgan fingerprint density at radius 2 is 1.81 bits per heavy atom. The number of nitrogens with one attached hydrogen (secondary N) is 1. The molecular formula is C16H23F3N2. The highest BCUT2D eigenvalue weighted by atomic mass is 19.4. The number of hydrogen-bond donors (Lipinski definition) is 2.